The second-order valence-electron chi connectivity index (χ2n) is 7.42. The molecule has 3 rings (SSSR count). The Balaban J connectivity index is 1.45. The maximum absolute atomic E-state index is 12.7. The molecule has 152 valence electrons. The van der Waals surface area contributed by atoms with Gasteiger partial charge >= 0.3 is 0 Å². The van der Waals surface area contributed by atoms with Crippen molar-refractivity contribution in [3.8, 4) is 0 Å². The third-order valence-corrected chi connectivity index (χ3v) is 5.28. The first kappa shape index (κ1) is 20.6. The molecular weight excluding hydrogens is 366 g/mol. The molecule has 1 aliphatic rings. The normalized spacial score (nSPS) is 19.6. The third-order valence-electron chi connectivity index (χ3n) is 5.28. The second kappa shape index (κ2) is 10.4. The van der Waals surface area contributed by atoms with Gasteiger partial charge in [0.05, 0.1) is 6.42 Å². The quantitative estimate of drug-likeness (QED) is 0.601. The van der Waals surface area contributed by atoms with Gasteiger partial charge in [0.25, 0.3) is 0 Å². The first-order valence-electron chi connectivity index (χ1n) is 10.0. The van der Waals surface area contributed by atoms with E-state index in [1.165, 1.54) is 0 Å². The number of carbonyl (C=O) groups is 3. The van der Waals surface area contributed by atoms with Gasteiger partial charge in [-0.05, 0) is 36.8 Å². The van der Waals surface area contributed by atoms with Crippen LogP contribution in [0, 0.1) is 0 Å². The van der Waals surface area contributed by atoms with Crippen molar-refractivity contribution >= 4 is 18.2 Å². The minimum absolute atomic E-state index is 0.0306. The zero-order valence-electron chi connectivity index (χ0n) is 16.3. The summed E-state index contributed by atoms with van der Waals surface area (Å²) in [6, 6.07) is 18.4. The van der Waals surface area contributed by atoms with E-state index in [0.29, 0.717) is 12.8 Å². The van der Waals surface area contributed by atoms with Crippen LogP contribution in [0.15, 0.2) is 60.7 Å². The second-order valence-corrected chi connectivity index (χ2v) is 7.42. The highest BCUT2D eigenvalue weighted by atomic mass is 16.2. The van der Waals surface area contributed by atoms with Crippen LogP contribution in [0.1, 0.15) is 42.9 Å². The highest BCUT2D eigenvalue weighted by molar-refractivity contribution is 5.85. The van der Waals surface area contributed by atoms with Gasteiger partial charge in [0.1, 0.15) is 6.04 Å². The maximum Gasteiger partial charge on any atom is 0.247 e. The zero-order valence-corrected chi connectivity index (χ0v) is 16.3. The lowest BCUT2D eigenvalue weighted by Gasteiger charge is -2.30. The van der Waals surface area contributed by atoms with Crippen molar-refractivity contribution in [2.75, 3.05) is 0 Å². The lowest BCUT2D eigenvalue weighted by Crippen LogP contribution is -2.46. The summed E-state index contributed by atoms with van der Waals surface area (Å²) in [5.41, 5.74) is 1.75. The highest BCUT2D eigenvalue weighted by Gasteiger charge is 2.27. The van der Waals surface area contributed by atoms with Crippen LogP contribution in [0.5, 0.6) is 0 Å². The van der Waals surface area contributed by atoms with Crippen molar-refractivity contribution in [3.63, 3.8) is 0 Å². The summed E-state index contributed by atoms with van der Waals surface area (Å²) in [6.45, 7) is 0. The molecule has 0 spiro atoms. The third kappa shape index (κ3) is 6.17. The van der Waals surface area contributed by atoms with Gasteiger partial charge in [0, 0.05) is 12.1 Å². The van der Waals surface area contributed by atoms with Crippen LogP contribution >= 0.6 is 0 Å². The van der Waals surface area contributed by atoms with E-state index in [1.54, 1.807) is 0 Å². The lowest BCUT2D eigenvalue weighted by atomic mass is 9.90. The van der Waals surface area contributed by atoms with Crippen molar-refractivity contribution in [3.05, 3.63) is 71.8 Å². The first-order valence-corrected chi connectivity index (χ1v) is 10.0. The summed E-state index contributed by atoms with van der Waals surface area (Å²) in [4.78, 5) is 35.8. The van der Waals surface area contributed by atoms with E-state index in [2.05, 4.69) is 16.0 Å². The van der Waals surface area contributed by atoms with Gasteiger partial charge in [-0.25, -0.2) is 0 Å². The molecule has 1 fully saturated rings. The van der Waals surface area contributed by atoms with Gasteiger partial charge < -0.3 is 16.0 Å². The van der Waals surface area contributed by atoms with Crippen LogP contribution in [-0.2, 0) is 20.8 Å². The Morgan fingerprint density at radius 2 is 1.41 bits per heavy atom. The fourth-order valence-electron chi connectivity index (χ4n) is 3.76. The predicted molar refractivity (Wildman–Crippen MR) is 111 cm³/mol. The van der Waals surface area contributed by atoms with E-state index in [0.717, 1.165) is 36.8 Å². The molecule has 0 saturated heterocycles. The Labute approximate surface area is 171 Å². The van der Waals surface area contributed by atoms with Crippen LogP contribution in [-0.4, -0.2) is 30.3 Å². The van der Waals surface area contributed by atoms with Crippen LogP contribution in [0.3, 0.4) is 0 Å². The van der Waals surface area contributed by atoms with Gasteiger partial charge in [-0.1, -0.05) is 60.7 Å². The molecule has 0 unspecified atom stereocenters. The smallest absolute Gasteiger partial charge is 0.247 e. The Bertz CT molecular complexity index is 803. The number of nitrogens with one attached hydrogen (secondary N) is 3. The molecule has 2 aromatic carbocycles. The topological polar surface area (TPSA) is 87.3 Å². The van der Waals surface area contributed by atoms with Crippen molar-refractivity contribution in [2.45, 2.75) is 50.2 Å². The molecule has 3 N–H and O–H groups in total. The van der Waals surface area contributed by atoms with Crippen LogP contribution < -0.4 is 16.0 Å². The number of benzene rings is 2. The van der Waals surface area contributed by atoms with Crippen molar-refractivity contribution in [1.29, 1.82) is 0 Å². The van der Waals surface area contributed by atoms with Crippen LogP contribution in [0.4, 0.5) is 0 Å². The Morgan fingerprint density at radius 3 is 2.00 bits per heavy atom. The molecule has 0 bridgehead atoms. The van der Waals surface area contributed by atoms with E-state index >= 15 is 0 Å². The molecule has 0 aromatic heterocycles. The molecule has 1 atom stereocenters. The summed E-state index contributed by atoms with van der Waals surface area (Å²) in [5.74, 6) is -0.178. The number of carbonyl (C=O) groups excluding carboxylic acids is 3. The summed E-state index contributed by atoms with van der Waals surface area (Å²) in [6.07, 6.45) is 4.17. The van der Waals surface area contributed by atoms with Gasteiger partial charge in [0.2, 0.25) is 18.2 Å². The number of rotatable bonds is 8. The zero-order chi connectivity index (χ0) is 20.5. The first-order chi connectivity index (χ1) is 14.2. The van der Waals surface area contributed by atoms with Gasteiger partial charge in [0.15, 0.2) is 0 Å². The number of amides is 3. The fourth-order valence-corrected chi connectivity index (χ4v) is 3.76. The minimum Gasteiger partial charge on any atom is -0.353 e. The maximum atomic E-state index is 12.7. The predicted octanol–water partition coefficient (Wildman–Crippen LogP) is 2.26. The van der Waals surface area contributed by atoms with Gasteiger partial charge in [-0.15, -0.1) is 0 Å². The molecule has 6 nitrogen and oxygen atoms in total. The molecule has 29 heavy (non-hydrogen) atoms. The van der Waals surface area contributed by atoms with E-state index in [-0.39, 0.29) is 23.9 Å². The standard InChI is InChI=1S/C23H27N3O3/c27-16-24-22(18-9-5-2-6-10-18)23(29)26-20-13-11-19(12-14-20)25-21(28)15-17-7-3-1-4-8-17/h1-10,16,19-20,22H,11-15H2,(H,24,27)(H,25,28)(H,26,29)/t19?,20?,22-/m0/s1. The monoisotopic (exact) mass is 393 g/mol. The molecule has 1 aliphatic carbocycles. The van der Waals surface area contributed by atoms with Crippen molar-refractivity contribution in [2.24, 2.45) is 0 Å². The Hall–Kier alpha value is -3.15. The molecule has 0 heterocycles. The molecule has 3 amide bonds. The average molecular weight is 393 g/mol. The summed E-state index contributed by atoms with van der Waals surface area (Å²) in [7, 11) is 0. The van der Waals surface area contributed by atoms with E-state index in [9.17, 15) is 14.4 Å². The number of hydrogen-bond donors (Lipinski definition) is 3. The lowest BCUT2D eigenvalue weighted by molar-refractivity contribution is -0.126. The van der Waals surface area contributed by atoms with E-state index in [1.807, 2.05) is 60.7 Å². The summed E-state index contributed by atoms with van der Waals surface area (Å²) >= 11 is 0. The Morgan fingerprint density at radius 1 is 0.862 bits per heavy atom. The minimum atomic E-state index is -0.697. The SMILES string of the molecule is O=CN[C@H](C(=O)NC1CCC(NC(=O)Cc2ccccc2)CC1)c1ccccc1. The van der Waals surface area contributed by atoms with Gasteiger partial charge in [-0.3, -0.25) is 14.4 Å². The average Bonchev–Trinajstić information content (AvgIpc) is 2.74. The van der Waals surface area contributed by atoms with Crippen LogP contribution in [0.2, 0.25) is 0 Å². The van der Waals surface area contributed by atoms with Gasteiger partial charge in [-0.2, -0.15) is 0 Å². The largest absolute Gasteiger partial charge is 0.353 e. The highest BCUT2D eigenvalue weighted by Crippen LogP contribution is 2.20. The molecule has 1 saturated carbocycles. The molecule has 2 aromatic rings. The summed E-state index contributed by atoms with van der Waals surface area (Å²) in [5, 5.41) is 8.74. The molecule has 0 aliphatic heterocycles. The molecule has 0 radical (unpaired) electrons. The van der Waals surface area contributed by atoms with E-state index < -0.39 is 6.04 Å². The molecule has 6 heteroatoms. The number of hydrogen-bond acceptors (Lipinski definition) is 3. The van der Waals surface area contributed by atoms with Crippen molar-refractivity contribution in [1.82, 2.24) is 16.0 Å². The Kier molecular flexibility index (Phi) is 7.39. The van der Waals surface area contributed by atoms with Crippen molar-refractivity contribution < 1.29 is 14.4 Å². The van der Waals surface area contributed by atoms with E-state index in [4.69, 9.17) is 0 Å². The van der Waals surface area contributed by atoms with Crippen LogP contribution in [0.25, 0.3) is 0 Å². The molecular formula is C23H27N3O3. The summed E-state index contributed by atoms with van der Waals surface area (Å²) < 4.78 is 0. The fraction of sp³-hybridized carbons (Fsp3) is 0.348.